The third-order valence-corrected chi connectivity index (χ3v) is 9.62. The second kappa shape index (κ2) is 9.30. The van der Waals surface area contributed by atoms with E-state index < -0.39 is 0 Å². The van der Waals surface area contributed by atoms with Gasteiger partial charge in [0.05, 0.1) is 33.1 Å². The van der Waals surface area contributed by atoms with Crippen molar-refractivity contribution in [2.75, 3.05) is 0 Å². The first-order chi connectivity index (χ1) is 22.9. The smallest absolute Gasteiger partial charge is 0.146 e. The SMILES string of the molecule is CC(C)(C)c1cccc2c1c1ccc(Oc3ccc4c5ccccc5n5c6ccccc6nc5c4c3)cc1c1nc3ccccc3n21. The van der Waals surface area contributed by atoms with E-state index >= 15 is 0 Å². The molecular weight excluding hydrogens is 576 g/mol. The normalized spacial score (nSPS) is 12.6. The molecule has 5 heteroatoms. The summed E-state index contributed by atoms with van der Waals surface area (Å²) in [7, 11) is 0. The number of imidazole rings is 2. The molecule has 0 atom stereocenters. The van der Waals surface area contributed by atoms with Gasteiger partial charge in [0.2, 0.25) is 0 Å². The number of nitrogens with zero attached hydrogens (tertiary/aromatic N) is 4. The van der Waals surface area contributed by atoms with Gasteiger partial charge < -0.3 is 4.74 Å². The Labute approximate surface area is 270 Å². The first-order valence-corrected chi connectivity index (χ1v) is 16.1. The highest BCUT2D eigenvalue weighted by Crippen LogP contribution is 2.41. The average molecular weight is 607 g/mol. The number of pyridine rings is 2. The lowest BCUT2D eigenvalue weighted by atomic mass is 9.83. The maximum absolute atomic E-state index is 6.69. The molecule has 10 rings (SSSR count). The molecule has 0 amide bonds. The number of ether oxygens (including phenoxy) is 1. The third-order valence-electron chi connectivity index (χ3n) is 9.62. The molecule has 0 bridgehead atoms. The molecule has 0 saturated carbocycles. The predicted molar refractivity (Wildman–Crippen MR) is 194 cm³/mol. The van der Waals surface area contributed by atoms with E-state index in [1.54, 1.807) is 0 Å². The molecule has 0 saturated heterocycles. The molecular formula is C42H30N4O. The topological polar surface area (TPSA) is 43.8 Å². The average Bonchev–Trinajstić information content (AvgIpc) is 3.68. The van der Waals surface area contributed by atoms with Gasteiger partial charge in [-0.1, -0.05) is 75.4 Å². The number of aromatic nitrogens is 4. The van der Waals surface area contributed by atoms with Crippen molar-refractivity contribution < 1.29 is 4.74 Å². The van der Waals surface area contributed by atoms with Gasteiger partial charge >= 0.3 is 0 Å². The minimum absolute atomic E-state index is 0.0378. The minimum Gasteiger partial charge on any atom is -0.457 e. The van der Waals surface area contributed by atoms with Crippen LogP contribution in [0, 0.1) is 0 Å². The fourth-order valence-corrected chi connectivity index (χ4v) is 7.56. The van der Waals surface area contributed by atoms with Gasteiger partial charge in [-0.3, -0.25) is 8.80 Å². The van der Waals surface area contributed by atoms with Gasteiger partial charge in [0.15, 0.2) is 0 Å². The molecule has 0 radical (unpaired) electrons. The van der Waals surface area contributed by atoms with E-state index in [4.69, 9.17) is 14.7 Å². The van der Waals surface area contributed by atoms with Crippen LogP contribution in [0.25, 0.3) is 76.7 Å². The lowest BCUT2D eigenvalue weighted by Gasteiger charge is -2.23. The molecule has 47 heavy (non-hydrogen) atoms. The monoisotopic (exact) mass is 606 g/mol. The lowest BCUT2D eigenvalue weighted by Crippen LogP contribution is -2.12. The van der Waals surface area contributed by atoms with Crippen LogP contribution < -0.4 is 4.74 Å². The number of rotatable bonds is 2. The van der Waals surface area contributed by atoms with Gasteiger partial charge in [0.25, 0.3) is 0 Å². The summed E-state index contributed by atoms with van der Waals surface area (Å²) in [5.74, 6) is 1.53. The zero-order valence-electron chi connectivity index (χ0n) is 26.3. The lowest BCUT2D eigenvalue weighted by molar-refractivity contribution is 0.484. The number of hydrogen-bond acceptors (Lipinski definition) is 3. The first-order valence-electron chi connectivity index (χ1n) is 16.1. The Balaban J connectivity index is 1.22. The van der Waals surface area contributed by atoms with E-state index in [2.05, 4.69) is 151 Å². The Kier molecular flexibility index (Phi) is 5.20. The van der Waals surface area contributed by atoms with Crippen LogP contribution in [0.2, 0.25) is 0 Å². The van der Waals surface area contributed by atoms with E-state index in [9.17, 15) is 0 Å². The Morgan fingerprint density at radius 2 is 1.00 bits per heavy atom. The van der Waals surface area contributed by atoms with Crippen LogP contribution in [-0.4, -0.2) is 18.8 Å². The van der Waals surface area contributed by atoms with Crippen molar-refractivity contribution in [3.63, 3.8) is 0 Å². The molecule has 4 aromatic heterocycles. The molecule has 0 aliphatic heterocycles. The summed E-state index contributed by atoms with van der Waals surface area (Å²) in [6.07, 6.45) is 0. The summed E-state index contributed by atoms with van der Waals surface area (Å²) in [5.41, 5.74) is 9.59. The summed E-state index contributed by atoms with van der Waals surface area (Å²) in [5, 5.41) is 6.89. The Bertz CT molecular complexity index is 2920. The summed E-state index contributed by atoms with van der Waals surface area (Å²) >= 11 is 0. The van der Waals surface area contributed by atoms with Crippen molar-refractivity contribution in [1.82, 2.24) is 18.8 Å². The molecule has 0 N–H and O–H groups in total. The highest BCUT2D eigenvalue weighted by Gasteiger charge is 2.22. The van der Waals surface area contributed by atoms with Crippen LogP contribution in [0.3, 0.4) is 0 Å². The zero-order chi connectivity index (χ0) is 31.4. The zero-order valence-corrected chi connectivity index (χ0v) is 26.3. The fraction of sp³-hybridized carbons (Fsp3) is 0.0952. The van der Waals surface area contributed by atoms with Crippen LogP contribution >= 0.6 is 0 Å². The molecule has 0 unspecified atom stereocenters. The van der Waals surface area contributed by atoms with Crippen molar-refractivity contribution in [2.45, 2.75) is 26.2 Å². The van der Waals surface area contributed by atoms with Crippen molar-refractivity contribution in [3.05, 3.63) is 133 Å². The van der Waals surface area contributed by atoms with Crippen molar-refractivity contribution in [1.29, 1.82) is 0 Å². The van der Waals surface area contributed by atoms with E-state index in [1.807, 2.05) is 6.07 Å². The molecule has 10 aromatic rings. The van der Waals surface area contributed by atoms with Crippen molar-refractivity contribution in [2.24, 2.45) is 0 Å². The molecule has 5 nitrogen and oxygen atoms in total. The molecule has 4 heterocycles. The van der Waals surface area contributed by atoms with E-state index in [0.717, 1.165) is 66.5 Å². The van der Waals surface area contributed by atoms with E-state index in [0.29, 0.717) is 0 Å². The summed E-state index contributed by atoms with van der Waals surface area (Å²) < 4.78 is 11.3. The molecule has 0 aliphatic carbocycles. The largest absolute Gasteiger partial charge is 0.457 e. The number of hydrogen-bond donors (Lipinski definition) is 0. The van der Waals surface area contributed by atoms with Crippen LogP contribution in [0.1, 0.15) is 26.3 Å². The summed E-state index contributed by atoms with van der Waals surface area (Å²) in [4.78, 5) is 10.2. The molecule has 0 aliphatic rings. The van der Waals surface area contributed by atoms with Gasteiger partial charge in [0.1, 0.15) is 22.8 Å². The van der Waals surface area contributed by atoms with Gasteiger partial charge in [-0.05, 0) is 94.5 Å². The quantitative estimate of drug-likeness (QED) is 0.184. The second-order valence-electron chi connectivity index (χ2n) is 13.5. The maximum atomic E-state index is 6.69. The molecule has 224 valence electrons. The summed E-state index contributed by atoms with van der Waals surface area (Å²) in [6, 6.07) is 44.7. The van der Waals surface area contributed by atoms with Crippen molar-refractivity contribution >= 4 is 76.7 Å². The fourth-order valence-electron chi connectivity index (χ4n) is 7.56. The van der Waals surface area contributed by atoms with Gasteiger partial charge in [-0.15, -0.1) is 0 Å². The number of fused-ring (bicyclic) bond motifs is 16. The third kappa shape index (κ3) is 3.71. The van der Waals surface area contributed by atoms with Crippen LogP contribution in [0.4, 0.5) is 0 Å². The van der Waals surface area contributed by atoms with Gasteiger partial charge in [0, 0.05) is 21.5 Å². The maximum Gasteiger partial charge on any atom is 0.146 e. The van der Waals surface area contributed by atoms with E-state index in [1.165, 1.54) is 27.2 Å². The Morgan fingerprint density at radius 3 is 1.66 bits per heavy atom. The molecule has 0 fully saturated rings. The highest BCUT2D eigenvalue weighted by atomic mass is 16.5. The van der Waals surface area contributed by atoms with Crippen LogP contribution in [0.15, 0.2) is 127 Å². The van der Waals surface area contributed by atoms with Crippen LogP contribution in [0.5, 0.6) is 11.5 Å². The second-order valence-corrected chi connectivity index (χ2v) is 13.5. The Morgan fingerprint density at radius 1 is 0.468 bits per heavy atom. The molecule has 0 spiro atoms. The van der Waals surface area contributed by atoms with Gasteiger partial charge in [-0.25, -0.2) is 9.97 Å². The first kappa shape index (κ1) is 26.3. The van der Waals surface area contributed by atoms with Gasteiger partial charge in [-0.2, -0.15) is 0 Å². The van der Waals surface area contributed by atoms with E-state index in [-0.39, 0.29) is 5.41 Å². The number of para-hydroxylation sites is 5. The van der Waals surface area contributed by atoms with Crippen molar-refractivity contribution in [3.8, 4) is 11.5 Å². The minimum atomic E-state index is -0.0378. The number of benzene rings is 6. The Hall–Kier alpha value is -5.94. The predicted octanol–water partition coefficient (Wildman–Crippen LogP) is 11.0. The standard InChI is InChI=1S/C42H30N4O/c1-42(2,3)32-12-10-18-38-39(32)29-22-20-26(24-31(29)41-44-34-14-6-9-17-37(34)46(38)41)47-25-19-21-27-28-11-4-7-15-35(28)45-36-16-8-5-13-33(36)43-40(45)30(27)23-25/h4-24H,1-3H3. The highest BCUT2D eigenvalue weighted by molar-refractivity contribution is 6.16. The van der Waals surface area contributed by atoms with Crippen LogP contribution in [-0.2, 0) is 5.41 Å². The molecule has 6 aromatic carbocycles. The summed E-state index contributed by atoms with van der Waals surface area (Å²) in [6.45, 7) is 6.85.